The third-order valence-corrected chi connectivity index (χ3v) is 5.01. The van der Waals surface area contributed by atoms with Crippen LogP contribution in [-0.2, 0) is 11.8 Å². The molecule has 0 spiro atoms. The van der Waals surface area contributed by atoms with Crippen molar-refractivity contribution in [2.75, 3.05) is 0 Å². The van der Waals surface area contributed by atoms with Crippen LogP contribution in [0.25, 0.3) is 11.5 Å². The SMILES string of the molecule is CC(C)Cc1nc(-c2csc(C(C)(C)C)n2)[nH]c(=O)c1Br. The molecule has 0 saturated heterocycles. The molecule has 4 nitrogen and oxygen atoms in total. The molecule has 0 radical (unpaired) electrons. The Morgan fingerprint density at radius 1 is 1.33 bits per heavy atom. The maximum atomic E-state index is 12.1. The van der Waals surface area contributed by atoms with Crippen molar-refractivity contribution in [1.82, 2.24) is 15.0 Å². The maximum Gasteiger partial charge on any atom is 0.265 e. The molecule has 6 heteroatoms. The van der Waals surface area contributed by atoms with Gasteiger partial charge in [0.15, 0.2) is 5.82 Å². The summed E-state index contributed by atoms with van der Waals surface area (Å²) in [6, 6.07) is 0. The first-order chi connectivity index (χ1) is 9.68. The molecule has 0 unspecified atom stereocenters. The van der Waals surface area contributed by atoms with Crippen LogP contribution in [0.1, 0.15) is 45.3 Å². The summed E-state index contributed by atoms with van der Waals surface area (Å²) in [5.41, 5.74) is 1.37. The third-order valence-electron chi connectivity index (χ3n) is 2.92. The fourth-order valence-corrected chi connectivity index (χ4v) is 3.12. The quantitative estimate of drug-likeness (QED) is 0.883. The zero-order valence-electron chi connectivity index (χ0n) is 13.0. The molecule has 2 aromatic rings. The van der Waals surface area contributed by atoms with Gasteiger partial charge in [0.05, 0.1) is 10.7 Å². The predicted octanol–water partition coefficient (Wildman–Crippen LogP) is 4.15. The molecular formula is C15H20BrN3OS. The number of nitrogens with one attached hydrogen (secondary N) is 1. The number of halogens is 1. The van der Waals surface area contributed by atoms with Crippen LogP contribution in [0.15, 0.2) is 14.6 Å². The van der Waals surface area contributed by atoms with E-state index in [4.69, 9.17) is 0 Å². The Bertz CT molecular complexity index is 698. The van der Waals surface area contributed by atoms with Gasteiger partial charge in [-0.05, 0) is 28.3 Å². The lowest BCUT2D eigenvalue weighted by molar-refractivity contribution is 0.585. The van der Waals surface area contributed by atoms with Gasteiger partial charge in [0.25, 0.3) is 5.56 Å². The minimum atomic E-state index is -0.152. The standard InChI is InChI=1S/C15H20BrN3OS/c1-8(2)6-9-11(16)13(20)19-12(17-9)10-7-21-14(18-10)15(3,4)5/h7-8H,6H2,1-5H3,(H,17,19,20). The lowest BCUT2D eigenvalue weighted by Crippen LogP contribution is -2.15. The van der Waals surface area contributed by atoms with Gasteiger partial charge >= 0.3 is 0 Å². The van der Waals surface area contributed by atoms with Crippen LogP contribution in [0.4, 0.5) is 0 Å². The highest BCUT2D eigenvalue weighted by Crippen LogP contribution is 2.28. The van der Waals surface area contributed by atoms with Gasteiger partial charge in [-0.15, -0.1) is 11.3 Å². The molecule has 0 bridgehead atoms. The summed E-state index contributed by atoms with van der Waals surface area (Å²) in [6.07, 6.45) is 0.758. The molecule has 0 aliphatic carbocycles. The van der Waals surface area contributed by atoms with Gasteiger partial charge in [-0.1, -0.05) is 34.6 Å². The molecule has 0 aromatic carbocycles. The minimum absolute atomic E-state index is 0.000657. The summed E-state index contributed by atoms with van der Waals surface area (Å²) in [5, 5.41) is 2.99. The van der Waals surface area contributed by atoms with Gasteiger partial charge in [-0.2, -0.15) is 0 Å². The molecule has 1 N–H and O–H groups in total. The monoisotopic (exact) mass is 369 g/mol. The van der Waals surface area contributed by atoms with Crippen LogP contribution < -0.4 is 5.56 Å². The summed E-state index contributed by atoms with van der Waals surface area (Å²) < 4.78 is 0.520. The van der Waals surface area contributed by atoms with E-state index in [0.717, 1.165) is 22.8 Å². The Morgan fingerprint density at radius 3 is 2.52 bits per heavy atom. The molecule has 0 saturated carbocycles. The smallest absolute Gasteiger partial charge is 0.265 e. The molecule has 2 aromatic heterocycles. The van der Waals surface area contributed by atoms with E-state index in [-0.39, 0.29) is 11.0 Å². The number of hydrogen-bond donors (Lipinski definition) is 1. The van der Waals surface area contributed by atoms with Crippen molar-refractivity contribution in [3.63, 3.8) is 0 Å². The van der Waals surface area contributed by atoms with Crippen LogP contribution >= 0.6 is 27.3 Å². The number of thiazole rings is 1. The average Bonchev–Trinajstić information content (AvgIpc) is 2.83. The summed E-state index contributed by atoms with van der Waals surface area (Å²) in [7, 11) is 0. The first-order valence-corrected chi connectivity index (χ1v) is 8.61. The lowest BCUT2D eigenvalue weighted by atomic mass is 9.98. The van der Waals surface area contributed by atoms with Gasteiger partial charge in [-0.3, -0.25) is 4.79 Å². The maximum absolute atomic E-state index is 12.1. The Labute approximate surface area is 137 Å². The van der Waals surface area contributed by atoms with E-state index in [1.807, 2.05) is 5.38 Å². The van der Waals surface area contributed by atoms with Gasteiger partial charge < -0.3 is 4.98 Å². The van der Waals surface area contributed by atoms with Crippen LogP contribution in [0.3, 0.4) is 0 Å². The summed E-state index contributed by atoms with van der Waals surface area (Å²) in [5.74, 6) is 0.981. The Hall–Kier alpha value is -1.01. The summed E-state index contributed by atoms with van der Waals surface area (Å²) in [6.45, 7) is 10.6. The van der Waals surface area contributed by atoms with Gasteiger partial charge in [0.2, 0.25) is 0 Å². The van der Waals surface area contributed by atoms with E-state index >= 15 is 0 Å². The van der Waals surface area contributed by atoms with Crippen LogP contribution in [0.2, 0.25) is 0 Å². The van der Waals surface area contributed by atoms with Gasteiger partial charge in [-0.25, -0.2) is 9.97 Å². The topological polar surface area (TPSA) is 58.6 Å². The molecule has 21 heavy (non-hydrogen) atoms. The van der Waals surface area contributed by atoms with Gasteiger partial charge in [0, 0.05) is 10.8 Å². The molecule has 2 heterocycles. The van der Waals surface area contributed by atoms with Gasteiger partial charge in [0.1, 0.15) is 10.2 Å². The number of aromatic amines is 1. The summed E-state index contributed by atoms with van der Waals surface area (Å²) >= 11 is 4.92. The van der Waals surface area contributed by atoms with Crippen molar-refractivity contribution in [2.24, 2.45) is 5.92 Å². The number of aromatic nitrogens is 3. The largest absolute Gasteiger partial charge is 0.304 e. The van der Waals surface area contributed by atoms with Crippen molar-refractivity contribution in [3.8, 4) is 11.5 Å². The fourth-order valence-electron chi connectivity index (χ4n) is 1.88. The second-order valence-electron chi connectivity index (χ2n) is 6.56. The molecular weight excluding hydrogens is 350 g/mol. The van der Waals surface area contributed by atoms with E-state index < -0.39 is 0 Å². The van der Waals surface area contributed by atoms with E-state index in [0.29, 0.717) is 16.2 Å². The first-order valence-electron chi connectivity index (χ1n) is 6.93. The van der Waals surface area contributed by atoms with Crippen LogP contribution in [0, 0.1) is 5.92 Å². The predicted molar refractivity (Wildman–Crippen MR) is 90.9 cm³/mol. The molecule has 0 aliphatic rings. The number of H-pyrrole nitrogens is 1. The van der Waals surface area contributed by atoms with E-state index in [1.165, 1.54) is 0 Å². The van der Waals surface area contributed by atoms with Crippen molar-refractivity contribution in [2.45, 2.75) is 46.5 Å². The second kappa shape index (κ2) is 6.01. The Balaban J connectivity index is 2.47. The molecule has 0 atom stereocenters. The van der Waals surface area contributed by atoms with E-state index in [1.54, 1.807) is 11.3 Å². The Kier molecular flexibility index (Phi) is 4.68. The molecule has 0 amide bonds. The van der Waals surface area contributed by atoms with E-state index in [9.17, 15) is 4.79 Å². The first kappa shape index (κ1) is 16.4. The number of hydrogen-bond acceptors (Lipinski definition) is 4. The molecule has 0 aliphatic heterocycles. The highest BCUT2D eigenvalue weighted by atomic mass is 79.9. The zero-order chi connectivity index (χ0) is 15.8. The van der Waals surface area contributed by atoms with Crippen LogP contribution in [0.5, 0.6) is 0 Å². The normalized spacial score (nSPS) is 12.1. The van der Waals surface area contributed by atoms with Crippen molar-refractivity contribution >= 4 is 27.3 Å². The fraction of sp³-hybridized carbons (Fsp3) is 0.533. The number of rotatable bonds is 3. The highest BCUT2D eigenvalue weighted by Gasteiger charge is 2.20. The summed E-state index contributed by atoms with van der Waals surface area (Å²) in [4.78, 5) is 24.0. The van der Waals surface area contributed by atoms with Crippen LogP contribution in [-0.4, -0.2) is 15.0 Å². The number of nitrogens with zero attached hydrogens (tertiary/aromatic N) is 2. The second-order valence-corrected chi connectivity index (χ2v) is 8.21. The average molecular weight is 370 g/mol. The third kappa shape index (κ3) is 3.80. The minimum Gasteiger partial charge on any atom is -0.304 e. The Morgan fingerprint density at radius 2 is 2.00 bits per heavy atom. The zero-order valence-corrected chi connectivity index (χ0v) is 15.4. The molecule has 2 rings (SSSR count). The van der Waals surface area contributed by atoms with Crippen molar-refractivity contribution in [3.05, 3.63) is 30.9 Å². The van der Waals surface area contributed by atoms with E-state index in [2.05, 4.69) is 65.5 Å². The molecule has 114 valence electrons. The van der Waals surface area contributed by atoms with Crippen molar-refractivity contribution in [1.29, 1.82) is 0 Å². The van der Waals surface area contributed by atoms with Crippen molar-refractivity contribution < 1.29 is 0 Å². The highest BCUT2D eigenvalue weighted by molar-refractivity contribution is 9.10. The molecule has 0 fully saturated rings. The lowest BCUT2D eigenvalue weighted by Gasteiger charge is -2.13.